The van der Waals surface area contributed by atoms with Crippen molar-refractivity contribution in [2.75, 3.05) is 14.2 Å². The lowest BCUT2D eigenvalue weighted by atomic mass is 9.91. The number of fused-ring (bicyclic) bond motifs is 1. The molecule has 1 aliphatic carbocycles. The van der Waals surface area contributed by atoms with E-state index in [0.29, 0.717) is 28.3 Å². The number of nitrogens with two attached hydrogens (primary N) is 1. The van der Waals surface area contributed by atoms with Gasteiger partial charge in [0.2, 0.25) is 5.91 Å². The molecule has 2 heterocycles. The highest BCUT2D eigenvalue weighted by Gasteiger charge is 2.32. The first-order chi connectivity index (χ1) is 18.4. The Balaban J connectivity index is 0.000000339. The van der Waals surface area contributed by atoms with Crippen molar-refractivity contribution in [3.8, 4) is 22.6 Å². The first kappa shape index (κ1) is 29.4. The van der Waals surface area contributed by atoms with Gasteiger partial charge in [-0.3, -0.25) is 9.78 Å². The number of carbonyl (C=O) groups is 1. The summed E-state index contributed by atoms with van der Waals surface area (Å²) < 4.78 is 26.3. The summed E-state index contributed by atoms with van der Waals surface area (Å²) in [5.41, 5.74) is 7.35. The van der Waals surface area contributed by atoms with E-state index in [1.54, 1.807) is 18.3 Å². The molecule has 0 radical (unpaired) electrons. The predicted octanol–water partition coefficient (Wildman–Crippen LogP) is 6.89. The molecule has 204 valence electrons. The summed E-state index contributed by atoms with van der Waals surface area (Å²) in [6.07, 6.45) is 8.90. The highest BCUT2D eigenvalue weighted by molar-refractivity contribution is 6.34. The molecule has 2 aliphatic rings. The molecule has 6 nitrogen and oxygen atoms in total. The van der Waals surface area contributed by atoms with Gasteiger partial charge < -0.3 is 20.5 Å². The van der Waals surface area contributed by atoms with E-state index in [4.69, 9.17) is 26.8 Å². The van der Waals surface area contributed by atoms with Gasteiger partial charge >= 0.3 is 0 Å². The number of nitrogens with zero attached hydrogens (tertiary/aromatic N) is 1. The molecule has 0 saturated heterocycles. The van der Waals surface area contributed by atoms with E-state index in [0.717, 1.165) is 11.7 Å². The molecule has 0 spiro atoms. The Labute approximate surface area is 229 Å². The minimum Gasteiger partial charge on any atom is -0.494 e. The number of nitrogens with one attached hydrogen (secondary N) is 1. The summed E-state index contributed by atoms with van der Waals surface area (Å²) in [6.45, 7) is 4.00. The molecular formula is C30H37ClFN3O3. The number of hydrogen-bond acceptors (Lipinski definition) is 5. The van der Waals surface area contributed by atoms with Crippen LogP contribution in [0.15, 0.2) is 48.7 Å². The fourth-order valence-electron chi connectivity index (χ4n) is 4.85. The van der Waals surface area contributed by atoms with Crippen molar-refractivity contribution in [3.05, 3.63) is 76.3 Å². The monoisotopic (exact) mass is 541 g/mol. The Morgan fingerprint density at radius 3 is 2.42 bits per heavy atom. The Morgan fingerprint density at radius 2 is 1.84 bits per heavy atom. The van der Waals surface area contributed by atoms with Crippen molar-refractivity contribution in [3.63, 3.8) is 0 Å². The molecule has 0 bridgehead atoms. The summed E-state index contributed by atoms with van der Waals surface area (Å²) in [4.78, 5) is 16.3. The summed E-state index contributed by atoms with van der Waals surface area (Å²) in [7, 11) is 3.42. The Kier molecular flexibility index (Phi) is 10.9. The van der Waals surface area contributed by atoms with Crippen LogP contribution in [0.3, 0.4) is 0 Å². The summed E-state index contributed by atoms with van der Waals surface area (Å²) in [6, 6.07) is 12.5. The standard InChI is InChI=1S/C21H16ClFN2O3.C7H15N.C2H6/c1-27-16-7-5-11(21(24)26)19(20(16)23)18-12-10-17(14-4-2-3-9-25-14)28-15(12)8-6-13(18)22;1-8-7-5-3-2-4-6-7;1-2/h2-9,17H,10H2,1H3,(H2,24,26);7-8H,2-6H2,1H3;1-2H3. The van der Waals surface area contributed by atoms with Crippen LogP contribution < -0.4 is 20.5 Å². The number of carbonyl (C=O) groups excluding carboxylic acids is 1. The first-order valence-electron chi connectivity index (χ1n) is 13.2. The van der Waals surface area contributed by atoms with Gasteiger partial charge in [-0.2, -0.15) is 0 Å². The van der Waals surface area contributed by atoms with Gasteiger partial charge in [0, 0.05) is 40.4 Å². The summed E-state index contributed by atoms with van der Waals surface area (Å²) in [5, 5.41) is 3.59. The van der Waals surface area contributed by atoms with E-state index >= 15 is 4.39 Å². The smallest absolute Gasteiger partial charge is 0.249 e. The average molecular weight is 542 g/mol. The van der Waals surface area contributed by atoms with Crippen LogP contribution in [0.2, 0.25) is 5.02 Å². The molecule has 1 aliphatic heterocycles. The fourth-order valence-corrected chi connectivity index (χ4v) is 5.12. The lowest BCUT2D eigenvalue weighted by Crippen LogP contribution is -2.26. The van der Waals surface area contributed by atoms with Gasteiger partial charge in [0.25, 0.3) is 0 Å². The van der Waals surface area contributed by atoms with E-state index in [9.17, 15) is 4.79 Å². The summed E-state index contributed by atoms with van der Waals surface area (Å²) >= 11 is 6.45. The fraction of sp³-hybridized carbons (Fsp3) is 0.400. The third kappa shape index (κ3) is 6.63. The van der Waals surface area contributed by atoms with Gasteiger partial charge in [-0.15, -0.1) is 0 Å². The quantitative estimate of drug-likeness (QED) is 0.367. The van der Waals surface area contributed by atoms with Crippen LogP contribution in [0.5, 0.6) is 11.5 Å². The third-order valence-electron chi connectivity index (χ3n) is 6.75. The van der Waals surface area contributed by atoms with Crippen LogP contribution in [0.4, 0.5) is 4.39 Å². The second kappa shape index (κ2) is 14.1. The van der Waals surface area contributed by atoms with Crippen molar-refractivity contribution in [2.24, 2.45) is 5.73 Å². The maximum absolute atomic E-state index is 15.2. The number of hydrogen-bond donors (Lipinski definition) is 2. The molecule has 1 unspecified atom stereocenters. The van der Waals surface area contributed by atoms with E-state index < -0.39 is 11.7 Å². The molecule has 8 heteroatoms. The predicted molar refractivity (Wildman–Crippen MR) is 151 cm³/mol. The van der Waals surface area contributed by atoms with E-state index in [-0.39, 0.29) is 23.0 Å². The van der Waals surface area contributed by atoms with Gasteiger partial charge in [-0.1, -0.05) is 50.8 Å². The van der Waals surface area contributed by atoms with Gasteiger partial charge in [0.05, 0.1) is 18.4 Å². The van der Waals surface area contributed by atoms with Gasteiger partial charge in [-0.25, -0.2) is 4.39 Å². The zero-order chi connectivity index (χ0) is 27.7. The van der Waals surface area contributed by atoms with Crippen molar-refractivity contribution >= 4 is 17.5 Å². The topological polar surface area (TPSA) is 86.5 Å². The lowest BCUT2D eigenvalue weighted by molar-refractivity contribution is 0.100. The number of ether oxygens (including phenoxy) is 2. The Morgan fingerprint density at radius 1 is 1.11 bits per heavy atom. The van der Waals surface area contributed by atoms with Crippen LogP contribution in [0.1, 0.15) is 73.7 Å². The van der Waals surface area contributed by atoms with Crippen molar-refractivity contribution in [1.29, 1.82) is 0 Å². The van der Waals surface area contributed by atoms with Crippen LogP contribution in [0.25, 0.3) is 11.1 Å². The Hall–Kier alpha value is -3.16. The van der Waals surface area contributed by atoms with E-state index in [1.807, 2.05) is 32.0 Å². The number of rotatable bonds is 5. The van der Waals surface area contributed by atoms with Gasteiger partial charge in [-0.05, 0) is 56.3 Å². The number of methoxy groups -OCH3 is 1. The van der Waals surface area contributed by atoms with Crippen LogP contribution in [0, 0.1) is 5.82 Å². The largest absolute Gasteiger partial charge is 0.494 e. The number of pyridine rings is 1. The molecule has 5 rings (SSSR count). The molecular weight excluding hydrogens is 505 g/mol. The zero-order valence-corrected chi connectivity index (χ0v) is 23.3. The van der Waals surface area contributed by atoms with Crippen LogP contribution >= 0.6 is 11.6 Å². The molecule has 1 amide bonds. The van der Waals surface area contributed by atoms with Crippen molar-refractivity contribution < 1.29 is 18.7 Å². The second-order valence-corrected chi connectivity index (χ2v) is 9.36. The number of aromatic nitrogens is 1. The molecule has 2 aromatic carbocycles. The third-order valence-corrected chi connectivity index (χ3v) is 7.07. The van der Waals surface area contributed by atoms with Crippen LogP contribution in [-0.4, -0.2) is 31.1 Å². The van der Waals surface area contributed by atoms with E-state index in [1.165, 1.54) is 51.3 Å². The summed E-state index contributed by atoms with van der Waals surface area (Å²) in [5.74, 6) is -0.901. The zero-order valence-electron chi connectivity index (χ0n) is 22.5. The Bertz CT molecular complexity index is 1220. The molecule has 38 heavy (non-hydrogen) atoms. The van der Waals surface area contributed by atoms with Gasteiger partial charge in [0.15, 0.2) is 11.6 Å². The maximum atomic E-state index is 15.2. The average Bonchev–Trinajstić information content (AvgIpc) is 3.40. The van der Waals surface area contributed by atoms with Gasteiger partial charge in [0.1, 0.15) is 11.9 Å². The molecule has 1 atom stereocenters. The minimum atomic E-state index is -0.759. The number of benzene rings is 2. The maximum Gasteiger partial charge on any atom is 0.249 e. The van der Waals surface area contributed by atoms with Crippen molar-refractivity contribution in [2.45, 2.75) is 64.5 Å². The molecule has 3 N–H and O–H groups in total. The van der Waals surface area contributed by atoms with Crippen molar-refractivity contribution in [1.82, 2.24) is 10.3 Å². The molecule has 1 aromatic heterocycles. The highest BCUT2D eigenvalue weighted by Crippen LogP contribution is 2.47. The molecule has 1 fully saturated rings. The highest BCUT2D eigenvalue weighted by atomic mass is 35.5. The first-order valence-corrected chi connectivity index (χ1v) is 13.5. The SMILES string of the molecule is CC.CNC1CCCCC1.COc1ccc(C(N)=O)c(-c2c(Cl)ccc3c2CC(c2ccccn2)O3)c1F. The number of primary amides is 1. The van der Waals surface area contributed by atoms with Crippen LogP contribution in [-0.2, 0) is 6.42 Å². The lowest BCUT2D eigenvalue weighted by Gasteiger charge is -2.20. The molecule has 1 saturated carbocycles. The second-order valence-electron chi connectivity index (χ2n) is 8.96. The minimum absolute atomic E-state index is 0.00568. The number of halogens is 2. The number of amides is 1. The van der Waals surface area contributed by atoms with E-state index in [2.05, 4.69) is 17.3 Å². The molecule has 3 aromatic rings. The normalized spacial score (nSPS) is 16.2.